The van der Waals surface area contributed by atoms with E-state index < -0.39 is 5.97 Å². The van der Waals surface area contributed by atoms with Crippen molar-refractivity contribution < 1.29 is 9.90 Å². The van der Waals surface area contributed by atoms with E-state index >= 15 is 0 Å². The number of carbonyl (C=O) groups is 1. The summed E-state index contributed by atoms with van der Waals surface area (Å²) in [5.74, 6) is -0.894. The zero-order valence-electron chi connectivity index (χ0n) is 10.8. The van der Waals surface area contributed by atoms with E-state index in [1.165, 1.54) is 0 Å². The van der Waals surface area contributed by atoms with E-state index in [9.17, 15) is 4.79 Å². The predicted octanol–water partition coefficient (Wildman–Crippen LogP) is 1.45. The molecule has 1 heterocycles. The van der Waals surface area contributed by atoms with Crippen molar-refractivity contribution in [3.63, 3.8) is 0 Å². The van der Waals surface area contributed by atoms with Gasteiger partial charge in [0.05, 0.1) is 11.3 Å². The number of benzene rings is 1. The van der Waals surface area contributed by atoms with Gasteiger partial charge in [-0.05, 0) is 23.8 Å². The van der Waals surface area contributed by atoms with Gasteiger partial charge in [-0.15, -0.1) is 0 Å². The van der Waals surface area contributed by atoms with Crippen molar-refractivity contribution in [2.75, 3.05) is 6.54 Å². The Hall–Kier alpha value is -2.14. The Morgan fingerprint density at radius 3 is 2.63 bits per heavy atom. The predicted molar refractivity (Wildman–Crippen MR) is 72.0 cm³/mol. The first-order valence-corrected chi connectivity index (χ1v) is 6.16. The Kier molecular flexibility index (Phi) is 4.30. The van der Waals surface area contributed by atoms with Crippen molar-refractivity contribution in [2.45, 2.75) is 13.0 Å². The number of nitrogens with zero attached hydrogens (tertiary/aromatic N) is 2. The Morgan fingerprint density at radius 2 is 2.05 bits per heavy atom. The van der Waals surface area contributed by atoms with Gasteiger partial charge < -0.3 is 10.4 Å². The molecule has 2 aromatic rings. The third-order valence-electron chi connectivity index (χ3n) is 2.86. The van der Waals surface area contributed by atoms with Crippen LogP contribution in [0.4, 0.5) is 0 Å². The van der Waals surface area contributed by atoms with E-state index in [0.717, 1.165) is 30.8 Å². The fourth-order valence-corrected chi connectivity index (χ4v) is 1.81. The topological polar surface area (TPSA) is 67.2 Å². The lowest BCUT2D eigenvalue weighted by Crippen LogP contribution is -2.17. The molecule has 5 nitrogen and oxygen atoms in total. The van der Waals surface area contributed by atoms with Crippen LogP contribution in [0.2, 0.25) is 0 Å². The first-order valence-electron chi connectivity index (χ1n) is 6.16. The normalized spacial score (nSPS) is 10.6. The highest BCUT2D eigenvalue weighted by Crippen LogP contribution is 2.04. The summed E-state index contributed by atoms with van der Waals surface area (Å²) in [6.07, 6.45) is 2.81. The smallest absolute Gasteiger partial charge is 0.335 e. The number of carboxylic acids is 1. The van der Waals surface area contributed by atoms with Crippen molar-refractivity contribution in [2.24, 2.45) is 7.05 Å². The average molecular weight is 259 g/mol. The molecule has 0 spiro atoms. The lowest BCUT2D eigenvalue weighted by atomic mass is 10.1. The highest BCUT2D eigenvalue weighted by atomic mass is 16.4. The van der Waals surface area contributed by atoms with Gasteiger partial charge in [0.1, 0.15) is 0 Å². The first-order chi connectivity index (χ1) is 9.15. The molecule has 0 radical (unpaired) electrons. The minimum atomic E-state index is -0.894. The molecule has 5 heteroatoms. The molecular weight excluding hydrogens is 242 g/mol. The first kappa shape index (κ1) is 13.3. The van der Waals surface area contributed by atoms with Gasteiger partial charge in [-0.25, -0.2) is 4.79 Å². The largest absolute Gasteiger partial charge is 0.478 e. The van der Waals surface area contributed by atoms with Gasteiger partial charge >= 0.3 is 5.97 Å². The number of carboxylic acid groups (broad SMARTS) is 1. The number of aryl methyl sites for hydroxylation is 1. The summed E-state index contributed by atoms with van der Waals surface area (Å²) in [6.45, 7) is 1.57. The zero-order chi connectivity index (χ0) is 13.7. The van der Waals surface area contributed by atoms with Crippen LogP contribution in [0.1, 0.15) is 21.6 Å². The molecule has 1 aromatic heterocycles. The van der Waals surface area contributed by atoms with Gasteiger partial charge in [0.25, 0.3) is 0 Å². The molecule has 0 atom stereocenters. The van der Waals surface area contributed by atoms with Crippen LogP contribution in [0, 0.1) is 0 Å². The molecule has 0 fully saturated rings. The summed E-state index contributed by atoms with van der Waals surface area (Å²) in [4.78, 5) is 10.7. The standard InChI is InChI=1S/C14H17N3O2/c1-17-9-7-13(16-17)6-8-15-10-11-2-4-12(5-3-11)14(18)19/h2-5,7,9,15H,6,8,10H2,1H3,(H,18,19). The van der Waals surface area contributed by atoms with E-state index in [1.807, 2.05) is 31.4 Å². The van der Waals surface area contributed by atoms with Crippen LogP contribution in [-0.2, 0) is 20.0 Å². The van der Waals surface area contributed by atoms with Crippen LogP contribution in [0.3, 0.4) is 0 Å². The van der Waals surface area contributed by atoms with Gasteiger partial charge in [-0.2, -0.15) is 5.10 Å². The molecule has 0 aliphatic rings. The Balaban J connectivity index is 1.75. The lowest BCUT2D eigenvalue weighted by Gasteiger charge is -2.04. The summed E-state index contributed by atoms with van der Waals surface area (Å²) >= 11 is 0. The molecule has 0 unspecified atom stereocenters. The Labute approximate surface area is 111 Å². The second kappa shape index (κ2) is 6.15. The van der Waals surface area contributed by atoms with E-state index in [4.69, 9.17) is 5.11 Å². The van der Waals surface area contributed by atoms with Crippen LogP contribution < -0.4 is 5.32 Å². The summed E-state index contributed by atoms with van der Waals surface area (Å²) in [7, 11) is 1.90. The summed E-state index contributed by atoms with van der Waals surface area (Å²) in [6, 6.07) is 8.91. The maximum atomic E-state index is 10.7. The summed E-state index contributed by atoms with van der Waals surface area (Å²) in [5, 5.41) is 16.4. The molecule has 2 N–H and O–H groups in total. The minimum Gasteiger partial charge on any atom is -0.478 e. The van der Waals surface area contributed by atoms with Crippen molar-refractivity contribution in [1.82, 2.24) is 15.1 Å². The van der Waals surface area contributed by atoms with Crippen LogP contribution in [0.15, 0.2) is 36.5 Å². The number of aromatic nitrogens is 2. The molecule has 1 aromatic carbocycles. The third-order valence-corrected chi connectivity index (χ3v) is 2.86. The van der Waals surface area contributed by atoms with Crippen molar-refractivity contribution in [1.29, 1.82) is 0 Å². The van der Waals surface area contributed by atoms with Gasteiger partial charge in [-0.1, -0.05) is 12.1 Å². The fourth-order valence-electron chi connectivity index (χ4n) is 1.81. The number of nitrogens with one attached hydrogen (secondary N) is 1. The molecule has 2 rings (SSSR count). The maximum absolute atomic E-state index is 10.7. The Bertz CT molecular complexity index is 546. The van der Waals surface area contributed by atoms with Crippen LogP contribution in [-0.4, -0.2) is 27.4 Å². The number of hydrogen-bond donors (Lipinski definition) is 2. The molecule has 0 aliphatic carbocycles. The van der Waals surface area contributed by atoms with Crippen molar-refractivity contribution in [3.8, 4) is 0 Å². The van der Waals surface area contributed by atoms with Crippen LogP contribution in [0.5, 0.6) is 0 Å². The van der Waals surface area contributed by atoms with E-state index in [-0.39, 0.29) is 0 Å². The number of hydrogen-bond acceptors (Lipinski definition) is 3. The maximum Gasteiger partial charge on any atom is 0.335 e. The lowest BCUT2D eigenvalue weighted by molar-refractivity contribution is 0.0697. The van der Waals surface area contributed by atoms with Gasteiger partial charge in [0.15, 0.2) is 0 Å². The highest BCUT2D eigenvalue weighted by Gasteiger charge is 2.01. The number of aromatic carboxylic acids is 1. The molecule has 0 aliphatic heterocycles. The van der Waals surface area contributed by atoms with Crippen molar-refractivity contribution in [3.05, 3.63) is 53.3 Å². The fraction of sp³-hybridized carbons (Fsp3) is 0.286. The molecule has 0 saturated carbocycles. The quantitative estimate of drug-likeness (QED) is 0.771. The molecule has 0 saturated heterocycles. The molecule has 19 heavy (non-hydrogen) atoms. The SMILES string of the molecule is Cn1ccc(CCNCc2ccc(C(=O)O)cc2)n1. The third kappa shape index (κ3) is 3.93. The zero-order valence-corrected chi connectivity index (χ0v) is 10.8. The Morgan fingerprint density at radius 1 is 1.32 bits per heavy atom. The van der Waals surface area contributed by atoms with Crippen LogP contribution in [0.25, 0.3) is 0 Å². The second-order valence-electron chi connectivity index (χ2n) is 4.41. The summed E-state index contributed by atoms with van der Waals surface area (Å²) in [5.41, 5.74) is 2.46. The monoisotopic (exact) mass is 259 g/mol. The highest BCUT2D eigenvalue weighted by molar-refractivity contribution is 5.87. The van der Waals surface area contributed by atoms with E-state index in [1.54, 1.807) is 16.8 Å². The molecule has 0 amide bonds. The number of rotatable bonds is 6. The summed E-state index contributed by atoms with van der Waals surface area (Å²) < 4.78 is 1.79. The van der Waals surface area contributed by atoms with Gasteiger partial charge in [0.2, 0.25) is 0 Å². The molecule has 0 bridgehead atoms. The average Bonchev–Trinajstić information content (AvgIpc) is 2.81. The second-order valence-corrected chi connectivity index (χ2v) is 4.41. The van der Waals surface area contributed by atoms with Gasteiger partial charge in [-0.3, -0.25) is 4.68 Å². The van der Waals surface area contributed by atoms with Crippen molar-refractivity contribution >= 4 is 5.97 Å². The molecular formula is C14H17N3O2. The van der Waals surface area contributed by atoms with E-state index in [2.05, 4.69) is 10.4 Å². The molecule has 100 valence electrons. The minimum absolute atomic E-state index is 0.317. The van der Waals surface area contributed by atoms with Gasteiger partial charge in [0, 0.05) is 32.8 Å². The van der Waals surface area contributed by atoms with Crippen LogP contribution >= 0.6 is 0 Å². The van der Waals surface area contributed by atoms with E-state index in [0.29, 0.717) is 5.56 Å².